The maximum atomic E-state index is 4.29. The van der Waals surface area contributed by atoms with Crippen LogP contribution in [0.15, 0.2) is 12.1 Å². The quantitative estimate of drug-likeness (QED) is 0.481. The van der Waals surface area contributed by atoms with E-state index < -0.39 is 0 Å². The van der Waals surface area contributed by atoms with Crippen molar-refractivity contribution in [1.82, 2.24) is 20.4 Å². The van der Waals surface area contributed by atoms with E-state index in [0.717, 1.165) is 12.8 Å². The van der Waals surface area contributed by atoms with Crippen LogP contribution in [0.3, 0.4) is 0 Å². The predicted octanol–water partition coefficient (Wildman–Crippen LogP) is 5.44. The number of aromatic nitrogens is 4. The molecule has 2 N–H and O–H groups in total. The molecule has 0 aliphatic rings. The van der Waals surface area contributed by atoms with Gasteiger partial charge in [-0.05, 0) is 51.7 Å². The van der Waals surface area contributed by atoms with Crippen molar-refractivity contribution in [1.29, 1.82) is 0 Å². The van der Waals surface area contributed by atoms with Crippen molar-refractivity contribution in [2.24, 2.45) is 0 Å². The topological polar surface area (TPSA) is 57.4 Å². The zero-order valence-electron chi connectivity index (χ0n) is 15.5. The van der Waals surface area contributed by atoms with E-state index in [-0.39, 0.29) is 0 Å². The highest BCUT2D eigenvalue weighted by Gasteiger charge is 1.99. The van der Waals surface area contributed by atoms with Crippen molar-refractivity contribution in [3.63, 3.8) is 0 Å². The number of aromatic amines is 2. The van der Waals surface area contributed by atoms with Crippen LogP contribution >= 0.6 is 0 Å². The Morgan fingerprint density at radius 1 is 0.583 bits per heavy atom. The second kappa shape index (κ2) is 11.1. The van der Waals surface area contributed by atoms with E-state index in [2.05, 4.69) is 46.4 Å². The molecule has 0 aliphatic heterocycles. The summed E-state index contributed by atoms with van der Waals surface area (Å²) in [5, 5.41) is 14.6. The zero-order chi connectivity index (χ0) is 17.0. The van der Waals surface area contributed by atoms with Crippen molar-refractivity contribution in [2.45, 2.75) is 90.9 Å². The van der Waals surface area contributed by atoms with Gasteiger partial charge in [-0.25, -0.2) is 0 Å². The van der Waals surface area contributed by atoms with Gasteiger partial charge in [0.1, 0.15) is 0 Å². The largest absolute Gasteiger partial charge is 0.283 e. The van der Waals surface area contributed by atoms with Gasteiger partial charge in [0.2, 0.25) is 0 Å². The van der Waals surface area contributed by atoms with Crippen LogP contribution < -0.4 is 0 Å². The van der Waals surface area contributed by atoms with Crippen LogP contribution in [0.4, 0.5) is 0 Å². The van der Waals surface area contributed by atoms with Gasteiger partial charge >= 0.3 is 0 Å². The Kier molecular flexibility index (Phi) is 8.64. The molecule has 0 atom stereocenters. The maximum absolute atomic E-state index is 4.29. The zero-order valence-corrected chi connectivity index (χ0v) is 15.5. The number of nitrogens with zero attached hydrogens (tertiary/aromatic N) is 2. The predicted molar refractivity (Wildman–Crippen MR) is 100 cm³/mol. The van der Waals surface area contributed by atoms with E-state index in [1.807, 2.05) is 0 Å². The molecule has 0 fully saturated rings. The van der Waals surface area contributed by atoms with Crippen molar-refractivity contribution < 1.29 is 0 Å². The van der Waals surface area contributed by atoms with Gasteiger partial charge in [0, 0.05) is 11.4 Å². The smallest absolute Gasteiger partial charge is 0.0624 e. The molecule has 0 unspecified atom stereocenters. The van der Waals surface area contributed by atoms with Crippen molar-refractivity contribution in [2.75, 3.05) is 0 Å². The van der Waals surface area contributed by atoms with Crippen molar-refractivity contribution >= 4 is 0 Å². The highest BCUT2D eigenvalue weighted by atomic mass is 15.1. The average molecular weight is 331 g/mol. The van der Waals surface area contributed by atoms with Crippen LogP contribution in [-0.2, 0) is 12.8 Å². The Balaban J connectivity index is 1.32. The summed E-state index contributed by atoms with van der Waals surface area (Å²) in [7, 11) is 0. The molecule has 2 aromatic rings. The van der Waals surface area contributed by atoms with Crippen molar-refractivity contribution in [3.8, 4) is 0 Å². The lowest BCUT2D eigenvalue weighted by Gasteiger charge is -2.02. The summed E-state index contributed by atoms with van der Waals surface area (Å²) in [6.07, 6.45) is 15.8. The van der Waals surface area contributed by atoms with Crippen LogP contribution in [0.25, 0.3) is 0 Å². The number of hydrogen-bond donors (Lipinski definition) is 2. The van der Waals surface area contributed by atoms with Crippen LogP contribution in [0.1, 0.15) is 87.0 Å². The number of nitrogens with one attached hydrogen (secondary N) is 2. The second-order valence-electron chi connectivity index (χ2n) is 7.12. The standard InChI is InChI=1S/C20H34N4/c1-17-15-19(23-21-17)13-11-9-7-5-3-4-6-8-10-12-14-20-16-18(2)22-24-20/h15-16H,3-14H2,1-2H3,(H,21,23)(H,22,24). The number of rotatable bonds is 13. The molecule has 134 valence electrons. The Morgan fingerprint density at radius 2 is 0.917 bits per heavy atom. The van der Waals surface area contributed by atoms with Gasteiger partial charge in [-0.2, -0.15) is 10.2 Å². The van der Waals surface area contributed by atoms with E-state index in [1.165, 1.54) is 87.0 Å². The number of aryl methyl sites for hydroxylation is 4. The first-order valence-electron chi connectivity index (χ1n) is 9.76. The summed E-state index contributed by atoms with van der Waals surface area (Å²) in [5.74, 6) is 0. The fraction of sp³-hybridized carbons (Fsp3) is 0.700. The summed E-state index contributed by atoms with van der Waals surface area (Å²) in [4.78, 5) is 0. The fourth-order valence-corrected chi connectivity index (χ4v) is 3.23. The SMILES string of the molecule is Cc1cc(CCCCCCCCCCCCc2cc(C)[nH]n2)n[nH]1. The third kappa shape index (κ3) is 7.80. The molecule has 0 aromatic carbocycles. The molecule has 0 bridgehead atoms. The molecule has 4 nitrogen and oxygen atoms in total. The Morgan fingerprint density at radius 3 is 1.21 bits per heavy atom. The molecule has 0 radical (unpaired) electrons. The second-order valence-corrected chi connectivity index (χ2v) is 7.12. The number of H-pyrrole nitrogens is 2. The molecule has 2 heterocycles. The Labute approximate surface area is 146 Å². The molecule has 2 aromatic heterocycles. The lowest BCUT2D eigenvalue weighted by molar-refractivity contribution is 0.549. The number of unbranched alkanes of at least 4 members (excludes halogenated alkanes) is 9. The highest BCUT2D eigenvalue weighted by molar-refractivity contribution is 5.07. The highest BCUT2D eigenvalue weighted by Crippen LogP contribution is 2.13. The van der Waals surface area contributed by atoms with E-state index in [1.54, 1.807) is 0 Å². The Hall–Kier alpha value is -1.58. The molecule has 4 heteroatoms. The third-order valence-corrected chi connectivity index (χ3v) is 4.63. The molecule has 0 spiro atoms. The molecule has 0 saturated heterocycles. The number of hydrogen-bond acceptors (Lipinski definition) is 2. The van der Waals surface area contributed by atoms with Gasteiger partial charge in [-0.1, -0.05) is 51.4 Å². The maximum Gasteiger partial charge on any atom is 0.0624 e. The van der Waals surface area contributed by atoms with Crippen LogP contribution in [-0.4, -0.2) is 20.4 Å². The van der Waals surface area contributed by atoms with Crippen LogP contribution in [0, 0.1) is 13.8 Å². The van der Waals surface area contributed by atoms with Gasteiger partial charge in [-0.15, -0.1) is 0 Å². The van der Waals surface area contributed by atoms with Gasteiger partial charge < -0.3 is 0 Å². The Bertz CT molecular complexity index is 505. The lowest BCUT2D eigenvalue weighted by atomic mass is 10.0. The van der Waals surface area contributed by atoms with Gasteiger partial charge in [0.15, 0.2) is 0 Å². The first-order chi connectivity index (χ1) is 11.7. The van der Waals surface area contributed by atoms with Crippen molar-refractivity contribution in [3.05, 3.63) is 34.9 Å². The van der Waals surface area contributed by atoms with E-state index in [4.69, 9.17) is 0 Å². The van der Waals surface area contributed by atoms with Gasteiger partial charge in [0.25, 0.3) is 0 Å². The summed E-state index contributed by atoms with van der Waals surface area (Å²) in [5.41, 5.74) is 4.78. The van der Waals surface area contributed by atoms with E-state index >= 15 is 0 Å². The molecule has 0 saturated carbocycles. The van der Waals surface area contributed by atoms with Crippen LogP contribution in [0.5, 0.6) is 0 Å². The summed E-state index contributed by atoms with van der Waals surface area (Å²) in [6, 6.07) is 4.32. The molecule has 0 amide bonds. The minimum Gasteiger partial charge on any atom is -0.283 e. The summed E-state index contributed by atoms with van der Waals surface area (Å²) in [6.45, 7) is 4.13. The lowest BCUT2D eigenvalue weighted by Crippen LogP contribution is -1.88. The molecule has 0 aliphatic carbocycles. The molecular weight excluding hydrogens is 296 g/mol. The molecular formula is C20H34N4. The van der Waals surface area contributed by atoms with Gasteiger partial charge in [-0.3, -0.25) is 10.2 Å². The van der Waals surface area contributed by atoms with E-state index in [9.17, 15) is 0 Å². The average Bonchev–Trinajstić information content (AvgIpc) is 3.17. The first kappa shape index (κ1) is 18.8. The third-order valence-electron chi connectivity index (χ3n) is 4.63. The molecule has 24 heavy (non-hydrogen) atoms. The minimum atomic E-state index is 1.12. The summed E-state index contributed by atoms with van der Waals surface area (Å²) < 4.78 is 0. The van der Waals surface area contributed by atoms with Crippen LogP contribution in [0.2, 0.25) is 0 Å². The van der Waals surface area contributed by atoms with Gasteiger partial charge in [0.05, 0.1) is 11.4 Å². The summed E-state index contributed by atoms with van der Waals surface area (Å²) >= 11 is 0. The fourth-order valence-electron chi connectivity index (χ4n) is 3.23. The van der Waals surface area contributed by atoms with E-state index in [0.29, 0.717) is 0 Å². The molecule has 2 rings (SSSR count). The minimum absolute atomic E-state index is 1.12. The first-order valence-corrected chi connectivity index (χ1v) is 9.76. The normalized spacial score (nSPS) is 11.2. The monoisotopic (exact) mass is 330 g/mol.